The predicted molar refractivity (Wildman–Crippen MR) is 79.8 cm³/mol. The summed E-state index contributed by atoms with van der Waals surface area (Å²) in [6.07, 6.45) is 1.60. The molecule has 0 spiro atoms. The number of hydrogen-bond acceptors (Lipinski definition) is 4. The van der Waals surface area contributed by atoms with Gasteiger partial charge in [0, 0.05) is 24.3 Å². The number of thioether (sulfide) groups is 1. The first-order valence-electron chi connectivity index (χ1n) is 7.16. The van der Waals surface area contributed by atoms with E-state index in [1.54, 1.807) is 24.9 Å². The van der Waals surface area contributed by atoms with Gasteiger partial charge in [0.25, 0.3) is 0 Å². The zero-order valence-corrected chi connectivity index (χ0v) is 12.7. The maximum Gasteiger partial charge on any atom is 0.237 e. The van der Waals surface area contributed by atoms with Crippen LogP contribution in [0.1, 0.15) is 24.4 Å². The Morgan fingerprint density at radius 2 is 2.38 bits per heavy atom. The normalized spacial score (nSPS) is 28.2. The van der Waals surface area contributed by atoms with Crippen LogP contribution in [0.25, 0.3) is 0 Å². The van der Waals surface area contributed by atoms with Gasteiger partial charge in [-0.05, 0) is 36.6 Å². The van der Waals surface area contributed by atoms with E-state index in [0.717, 1.165) is 22.6 Å². The van der Waals surface area contributed by atoms with Gasteiger partial charge in [-0.15, -0.1) is 11.8 Å². The Bertz CT molecular complexity index is 540. The van der Waals surface area contributed by atoms with Gasteiger partial charge in [-0.3, -0.25) is 4.79 Å². The molecule has 1 amide bonds. The molecule has 2 heterocycles. The highest BCUT2D eigenvalue weighted by molar-refractivity contribution is 7.99. The fraction of sp³-hybridized carbons (Fsp3) is 0.533. The number of benzene rings is 1. The highest BCUT2D eigenvalue weighted by Gasteiger charge is 2.31. The first kappa shape index (κ1) is 14.8. The molecule has 3 rings (SSSR count). The quantitative estimate of drug-likeness (QED) is 0.895. The van der Waals surface area contributed by atoms with Gasteiger partial charge in [0.05, 0.1) is 18.2 Å². The predicted octanol–water partition coefficient (Wildman–Crippen LogP) is 1.86. The number of nitrogens with one attached hydrogen (secondary N) is 2. The molecule has 3 atom stereocenters. The van der Waals surface area contributed by atoms with Gasteiger partial charge in [0.1, 0.15) is 5.82 Å². The third-order valence-corrected chi connectivity index (χ3v) is 5.19. The summed E-state index contributed by atoms with van der Waals surface area (Å²) in [6.45, 7) is 0.695. The highest BCUT2D eigenvalue weighted by Crippen LogP contribution is 2.36. The summed E-state index contributed by atoms with van der Waals surface area (Å²) in [5.41, 5.74) is 0.890. The van der Waals surface area contributed by atoms with Crippen molar-refractivity contribution in [2.75, 3.05) is 19.4 Å². The Morgan fingerprint density at radius 1 is 1.52 bits per heavy atom. The van der Waals surface area contributed by atoms with Gasteiger partial charge in [0.15, 0.2) is 0 Å². The van der Waals surface area contributed by atoms with Crippen LogP contribution >= 0.6 is 11.8 Å². The van der Waals surface area contributed by atoms with Crippen molar-refractivity contribution in [3.63, 3.8) is 0 Å². The van der Waals surface area contributed by atoms with Crippen molar-refractivity contribution in [2.45, 2.75) is 35.9 Å². The molecule has 1 aromatic rings. The lowest BCUT2D eigenvalue weighted by Gasteiger charge is -2.27. The van der Waals surface area contributed by atoms with Gasteiger partial charge in [-0.25, -0.2) is 4.39 Å². The first-order valence-corrected chi connectivity index (χ1v) is 8.14. The molecule has 0 aromatic heterocycles. The molecule has 114 valence electrons. The van der Waals surface area contributed by atoms with Crippen molar-refractivity contribution in [3.05, 3.63) is 29.6 Å². The second kappa shape index (κ2) is 6.34. The van der Waals surface area contributed by atoms with E-state index in [1.807, 2.05) is 0 Å². The molecule has 0 aliphatic carbocycles. The van der Waals surface area contributed by atoms with Crippen LogP contribution < -0.4 is 10.6 Å². The SMILES string of the molecule is COC1CNC(C(=O)NC2CCSc3ccc(F)cc32)C1. The maximum absolute atomic E-state index is 13.5. The topological polar surface area (TPSA) is 50.4 Å². The van der Waals surface area contributed by atoms with Crippen LogP contribution in [0.3, 0.4) is 0 Å². The molecule has 6 heteroatoms. The zero-order valence-electron chi connectivity index (χ0n) is 11.9. The molecule has 1 aromatic carbocycles. The average molecular weight is 310 g/mol. The third-order valence-electron chi connectivity index (χ3n) is 4.07. The van der Waals surface area contributed by atoms with Crippen molar-refractivity contribution in [1.29, 1.82) is 0 Å². The van der Waals surface area contributed by atoms with E-state index in [4.69, 9.17) is 4.74 Å². The molecule has 21 heavy (non-hydrogen) atoms. The van der Waals surface area contributed by atoms with Crippen molar-refractivity contribution in [1.82, 2.24) is 10.6 Å². The number of carbonyl (C=O) groups is 1. The minimum absolute atomic E-state index is 0.0262. The molecule has 2 aliphatic rings. The Hall–Kier alpha value is -1.11. The van der Waals surface area contributed by atoms with E-state index in [0.29, 0.717) is 13.0 Å². The standard InChI is InChI=1S/C15H19FN2O2S/c1-20-10-7-13(17-8-10)15(19)18-12-4-5-21-14-3-2-9(16)6-11(12)14/h2-3,6,10,12-13,17H,4-5,7-8H2,1H3,(H,18,19). The Labute approximate surface area is 127 Å². The van der Waals surface area contributed by atoms with E-state index < -0.39 is 0 Å². The van der Waals surface area contributed by atoms with Crippen molar-refractivity contribution >= 4 is 17.7 Å². The number of ether oxygens (including phenoxy) is 1. The summed E-state index contributed by atoms with van der Waals surface area (Å²) in [7, 11) is 1.66. The Morgan fingerprint density at radius 3 is 3.14 bits per heavy atom. The number of amides is 1. The van der Waals surface area contributed by atoms with Gasteiger partial charge >= 0.3 is 0 Å². The lowest BCUT2D eigenvalue weighted by molar-refractivity contribution is -0.123. The van der Waals surface area contributed by atoms with Crippen molar-refractivity contribution in [3.8, 4) is 0 Å². The van der Waals surface area contributed by atoms with E-state index in [9.17, 15) is 9.18 Å². The van der Waals surface area contributed by atoms with E-state index >= 15 is 0 Å². The highest BCUT2D eigenvalue weighted by atomic mass is 32.2. The molecule has 4 nitrogen and oxygen atoms in total. The number of fused-ring (bicyclic) bond motifs is 1. The molecular formula is C15H19FN2O2S. The van der Waals surface area contributed by atoms with Crippen LogP contribution in [0.5, 0.6) is 0 Å². The van der Waals surface area contributed by atoms with Gasteiger partial charge in [0.2, 0.25) is 5.91 Å². The summed E-state index contributed by atoms with van der Waals surface area (Å²) >= 11 is 1.71. The number of methoxy groups -OCH3 is 1. The Balaban J connectivity index is 1.69. The smallest absolute Gasteiger partial charge is 0.237 e. The monoisotopic (exact) mass is 310 g/mol. The number of carbonyl (C=O) groups excluding carboxylic acids is 1. The molecule has 0 bridgehead atoms. The molecule has 2 N–H and O–H groups in total. The summed E-state index contributed by atoms with van der Waals surface area (Å²) in [6, 6.07) is 4.47. The van der Waals surface area contributed by atoms with Gasteiger partial charge in [-0.2, -0.15) is 0 Å². The molecule has 1 fully saturated rings. The minimum Gasteiger partial charge on any atom is -0.380 e. The van der Waals surface area contributed by atoms with Crippen LogP contribution in [-0.4, -0.2) is 37.5 Å². The van der Waals surface area contributed by atoms with E-state index in [1.165, 1.54) is 12.1 Å². The number of rotatable bonds is 3. The van der Waals surface area contributed by atoms with Gasteiger partial charge < -0.3 is 15.4 Å². The summed E-state index contributed by atoms with van der Waals surface area (Å²) in [5.74, 6) is 0.651. The van der Waals surface area contributed by atoms with Crippen LogP contribution in [0, 0.1) is 5.82 Å². The Kier molecular flexibility index (Phi) is 4.47. The van der Waals surface area contributed by atoms with E-state index in [2.05, 4.69) is 10.6 Å². The van der Waals surface area contributed by atoms with Crippen molar-refractivity contribution < 1.29 is 13.9 Å². The first-order chi connectivity index (χ1) is 10.2. The van der Waals surface area contributed by atoms with Crippen molar-refractivity contribution in [2.24, 2.45) is 0 Å². The van der Waals surface area contributed by atoms with Crippen LogP contribution in [-0.2, 0) is 9.53 Å². The molecule has 0 saturated carbocycles. The zero-order chi connectivity index (χ0) is 14.8. The third kappa shape index (κ3) is 3.22. The second-order valence-electron chi connectivity index (χ2n) is 5.43. The number of hydrogen-bond donors (Lipinski definition) is 2. The maximum atomic E-state index is 13.5. The minimum atomic E-state index is -0.256. The fourth-order valence-electron chi connectivity index (χ4n) is 2.87. The summed E-state index contributed by atoms with van der Waals surface area (Å²) in [4.78, 5) is 13.4. The lowest BCUT2D eigenvalue weighted by atomic mass is 10.0. The largest absolute Gasteiger partial charge is 0.380 e. The van der Waals surface area contributed by atoms with E-state index in [-0.39, 0.29) is 29.9 Å². The molecule has 1 saturated heterocycles. The fourth-order valence-corrected chi connectivity index (χ4v) is 3.98. The van der Waals surface area contributed by atoms with Gasteiger partial charge in [-0.1, -0.05) is 0 Å². The average Bonchev–Trinajstić information content (AvgIpc) is 2.97. The molecular weight excluding hydrogens is 291 g/mol. The number of halogens is 1. The van der Waals surface area contributed by atoms with Crippen LogP contribution in [0.4, 0.5) is 4.39 Å². The molecule has 3 unspecified atom stereocenters. The molecule has 2 aliphatic heterocycles. The second-order valence-corrected chi connectivity index (χ2v) is 6.57. The van der Waals surface area contributed by atoms with Crippen LogP contribution in [0.15, 0.2) is 23.1 Å². The molecule has 0 radical (unpaired) electrons. The lowest BCUT2D eigenvalue weighted by Crippen LogP contribution is -2.42. The van der Waals surface area contributed by atoms with Crippen LogP contribution in [0.2, 0.25) is 0 Å². The summed E-state index contributed by atoms with van der Waals surface area (Å²) in [5, 5.41) is 6.22. The summed E-state index contributed by atoms with van der Waals surface area (Å²) < 4.78 is 18.7.